The molecule has 0 saturated carbocycles. The lowest BCUT2D eigenvalue weighted by molar-refractivity contribution is -0.138. The van der Waals surface area contributed by atoms with Gasteiger partial charge in [0.2, 0.25) is 11.8 Å². The van der Waals surface area contributed by atoms with Crippen molar-refractivity contribution in [2.75, 3.05) is 13.1 Å². The van der Waals surface area contributed by atoms with Gasteiger partial charge in [-0.3, -0.25) is 14.5 Å². The third-order valence-corrected chi connectivity index (χ3v) is 2.52. The minimum atomic E-state index is -0.0172. The average Bonchev–Trinajstić information content (AvgIpc) is 2.46. The lowest BCUT2D eigenvalue weighted by Gasteiger charge is -2.20. The van der Waals surface area contributed by atoms with Crippen LogP contribution < -0.4 is 5.32 Å². The summed E-state index contributed by atoms with van der Waals surface area (Å²) < 4.78 is 0. The molecule has 15 heavy (non-hydrogen) atoms. The largest absolute Gasteiger partial charge is 0.314 e. The van der Waals surface area contributed by atoms with Crippen LogP contribution in [0.4, 0.5) is 0 Å². The van der Waals surface area contributed by atoms with Crippen LogP contribution in [0.1, 0.15) is 33.6 Å². The summed E-state index contributed by atoms with van der Waals surface area (Å²) in [5, 5.41) is 3.30. The second-order valence-electron chi connectivity index (χ2n) is 4.57. The topological polar surface area (TPSA) is 49.4 Å². The van der Waals surface area contributed by atoms with E-state index < -0.39 is 0 Å². The van der Waals surface area contributed by atoms with Crippen LogP contribution in [-0.4, -0.2) is 35.8 Å². The molecule has 1 saturated heterocycles. The Morgan fingerprint density at radius 2 is 1.73 bits per heavy atom. The Kier molecular flexibility index (Phi) is 4.27. The molecule has 0 spiro atoms. The predicted octanol–water partition coefficient (Wildman–Crippen LogP) is 0.769. The Morgan fingerprint density at radius 1 is 1.20 bits per heavy atom. The zero-order valence-corrected chi connectivity index (χ0v) is 9.75. The zero-order valence-electron chi connectivity index (χ0n) is 9.75. The van der Waals surface area contributed by atoms with Gasteiger partial charge >= 0.3 is 0 Å². The van der Waals surface area contributed by atoms with E-state index in [1.54, 1.807) is 0 Å². The Labute approximate surface area is 91.0 Å². The molecule has 2 amide bonds. The third-order valence-electron chi connectivity index (χ3n) is 2.52. The van der Waals surface area contributed by atoms with E-state index in [1.165, 1.54) is 4.90 Å². The van der Waals surface area contributed by atoms with Crippen molar-refractivity contribution in [1.82, 2.24) is 10.2 Å². The molecule has 0 bridgehead atoms. The molecular formula is C11H20N2O2. The molecule has 0 aromatic heterocycles. The molecule has 1 unspecified atom stereocenters. The second-order valence-corrected chi connectivity index (χ2v) is 4.57. The molecule has 4 nitrogen and oxygen atoms in total. The molecular weight excluding hydrogens is 192 g/mol. The fourth-order valence-corrected chi connectivity index (χ4v) is 1.64. The summed E-state index contributed by atoms with van der Waals surface area (Å²) in [7, 11) is 0. The summed E-state index contributed by atoms with van der Waals surface area (Å²) in [6.45, 7) is 7.61. The maximum Gasteiger partial charge on any atom is 0.229 e. The molecule has 0 aromatic carbocycles. The number of nitrogens with zero attached hydrogens (tertiary/aromatic N) is 1. The number of carbonyl (C=O) groups is 2. The molecule has 1 fully saturated rings. The standard InChI is InChI=1S/C11H20N2O2/c1-8(2)12-6-9(3)7-13-10(14)4-5-11(13)15/h8-9,12H,4-7H2,1-3H3. The van der Waals surface area contributed by atoms with Crippen LogP contribution in [0.2, 0.25) is 0 Å². The Morgan fingerprint density at radius 3 is 2.20 bits per heavy atom. The van der Waals surface area contributed by atoms with Crippen LogP contribution in [-0.2, 0) is 9.59 Å². The van der Waals surface area contributed by atoms with Crippen molar-refractivity contribution in [3.63, 3.8) is 0 Å². The first-order valence-electron chi connectivity index (χ1n) is 5.57. The molecule has 1 N–H and O–H groups in total. The van der Waals surface area contributed by atoms with E-state index in [1.807, 2.05) is 6.92 Å². The van der Waals surface area contributed by atoms with E-state index in [2.05, 4.69) is 19.2 Å². The molecule has 0 aromatic rings. The highest BCUT2D eigenvalue weighted by Gasteiger charge is 2.29. The number of amides is 2. The van der Waals surface area contributed by atoms with Gasteiger partial charge in [-0.2, -0.15) is 0 Å². The number of imide groups is 1. The quantitative estimate of drug-likeness (QED) is 0.685. The third kappa shape index (κ3) is 3.63. The van der Waals surface area contributed by atoms with Crippen molar-refractivity contribution in [1.29, 1.82) is 0 Å². The van der Waals surface area contributed by atoms with Crippen molar-refractivity contribution in [3.05, 3.63) is 0 Å². The van der Waals surface area contributed by atoms with Crippen molar-refractivity contribution >= 4 is 11.8 Å². The summed E-state index contributed by atoms with van der Waals surface area (Å²) >= 11 is 0. The van der Waals surface area contributed by atoms with Gasteiger partial charge in [-0.1, -0.05) is 20.8 Å². The number of hydrogen-bond donors (Lipinski definition) is 1. The molecule has 1 aliphatic rings. The highest BCUT2D eigenvalue weighted by molar-refractivity contribution is 6.01. The minimum Gasteiger partial charge on any atom is -0.314 e. The lowest BCUT2D eigenvalue weighted by Crippen LogP contribution is -2.38. The Hall–Kier alpha value is -0.900. The highest BCUT2D eigenvalue weighted by atomic mass is 16.2. The summed E-state index contributed by atoms with van der Waals surface area (Å²) in [5.41, 5.74) is 0. The van der Waals surface area contributed by atoms with Gasteiger partial charge in [-0.25, -0.2) is 0 Å². The van der Waals surface area contributed by atoms with Crippen molar-refractivity contribution in [3.8, 4) is 0 Å². The first-order valence-corrected chi connectivity index (χ1v) is 5.57. The molecule has 1 atom stereocenters. The van der Waals surface area contributed by atoms with Gasteiger partial charge < -0.3 is 5.32 Å². The SMILES string of the molecule is CC(CNC(C)C)CN1C(=O)CCC1=O. The Bertz CT molecular complexity index is 235. The van der Waals surface area contributed by atoms with Crippen LogP contribution >= 0.6 is 0 Å². The van der Waals surface area contributed by atoms with E-state index in [0.29, 0.717) is 31.3 Å². The van der Waals surface area contributed by atoms with E-state index in [-0.39, 0.29) is 11.8 Å². The number of rotatable bonds is 5. The normalized spacial score (nSPS) is 19.1. The summed E-state index contributed by atoms with van der Waals surface area (Å²) in [6, 6.07) is 0.442. The van der Waals surface area contributed by atoms with E-state index in [4.69, 9.17) is 0 Å². The van der Waals surface area contributed by atoms with Crippen LogP contribution in [0.15, 0.2) is 0 Å². The van der Waals surface area contributed by atoms with Gasteiger partial charge in [0.25, 0.3) is 0 Å². The maximum atomic E-state index is 11.3. The number of carbonyl (C=O) groups excluding carboxylic acids is 2. The van der Waals surface area contributed by atoms with Crippen LogP contribution in [0, 0.1) is 5.92 Å². The number of nitrogens with one attached hydrogen (secondary N) is 1. The summed E-state index contributed by atoms with van der Waals surface area (Å²) in [5.74, 6) is 0.284. The van der Waals surface area contributed by atoms with Gasteiger partial charge in [0, 0.05) is 25.4 Å². The molecule has 0 radical (unpaired) electrons. The first-order chi connectivity index (χ1) is 7.00. The first kappa shape index (κ1) is 12.2. The van der Waals surface area contributed by atoms with Gasteiger partial charge in [-0.05, 0) is 12.5 Å². The van der Waals surface area contributed by atoms with Gasteiger partial charge in [0.1, 0.15) is 0 Å². The molecule has 1 heterocycles. The second kappa shape index (κ2) is 5.26. The number of likely N-dealkylation sites (tertiary alicyclic amines) is 1. The molecule has 1 aliphatic heterocycles. The van der Waals surface area contributed by atoms with Crippen LogP contribution in [0.25, 0.3) is 0 Å². The van der Waals surface area contributed by atoms with E-state index in [0.717, 1.165) is 6.54 Å². The van der Waals surface area contributed by atoms with E-state index in [9.17, 15) is 9.59 Å². The molecule has 86 valence electrons. The number of hydrogen-bond acceptors (Lipinski definition) is 3. The summed E-state index contributed by atoms with van der Waals surface area (Å²) in [4.78, 5) is 24.1. The Balaban J connectivity index is 2.33. The molecule has 0 aliphatic carbocycles. The fourth-order valence-electron chi connectivity index (χ4n) is 1.64. The molecule has 4 heteroatoms. The van der Waals surface area contributed by atoms with Crippen molar-refractivity contribution < 1.29 is 9.59 Å². The molecule has 1 rings (SSSR count). The van der Waals surface area contributed by atoms with E-state index >= 15 is 0 Å². The minimum absolute atomic E-state index is 0.0172. The average molecular weight is 212 g/mol. The van der Waals surface area contributed by atoms with Gasteiger partial charge in [-0.15, -0.1) is 0 Å². The predicted molar refractivity (Wildman–Crippen MR) is 58.3 cm³/mol. The van der Waals surface area contributed by atoms with Crippen LogP contribution in [0.5, 0.6) is 0 Å². The van der Waals surface area contributed by atoms with Gasteiger partial charge in [0.05, 0.1) is 0 Å². The zero-order chi connectivity index (χ0) is 11.4. The highest BCUT2D eigenvalue weighted by Crippen LogP contribution is 2.13. The maximum absolute atomic E-state index is 11.3. The lowest BCUT2D eigenvalue weighted by atomic mass is 10.1. The smallest absolute Gasteiger partial charge is 0.229 e. The van der Waals surface area contributed by atoms with Crippen molar-refractivity contribution in [2.45, 2.75) is 39.7 Å². The monoisotopic (exact) mass is 212 g/mol. The van der Waals surface area contributed by atoms with Crippen LogP contribution in [0.3, 0.4) is 0 Å². The summed E-state index contributed by atoms with van der Waals surface area (Å²) in [6.07, 6.45) is 0.784. The van der Waals surface area contributed by atoms with Gasteiger partial charge in [0.15, 0.2) is 0 Å². The van der Waals surface area contributed by atoms with Crippen molar-refractivity contribution in [2.24, 2.45) is 5.92 Å². The fraction of sp³-hybridized carbons (Fsp3) is 0.818.